The lowest BCUT2D eigenvalue weighted by Crippen LogP contribution is -2.19. The second kappa shape index (κ2) is 5.39. The average molecular weight is 223 g/mol. The van der Waals surface area contributed by atoms with Crippen molar-refractivity contribution in [3.8, 4) is 0 Å². The van der Waals surface area contributed by atoms with Crippen LogP contribution in [0, 0.1) is 11.7 Å². The summed E-state index contributed by atoms with van der Waals surface area (Å²) < 4.78 is 12.6. The molecule has 0 bridgehead atoms. The van der Waals surface area contributed by atoms with Crippen LogP contribution in [-0.4, -0.2) is 11.7 Å². The molecule has 16 heavy (non-hydrogen) atoms. The number of Topliss-reactive ketones (excluding diaryl/α,β-unsaturated/α-hetero) is 1. The number of carbonyl (C=O) groups is 2. The molecule has 0 heterocycles. The van der Waals surface area contributed by atoms with Gasteiger partial charge in [-0.2, -0.15) is 0 Å². The van der Waals surface area contributed by atoms with Crippen molar-refractivity contribution in [2.75, 3.05) is 5.32 Å². The molecule has 0 fully saturated rings. The Morgan fingerprint density at radius 1 is 1.25 bits per heavy atom. The number of hydrogen-bond acceptors (Lipinski definition) is 2. The number of anilines is 1. The predicted molar refractivity (Wildman–Crippen MR) is 59.5 cm³/mol. The summed E-state index contributed by atoms with van der Waals surface area (Å²) in [4.78, 5) is 22.7. The highest BCUT2D eigenvalue weighted by molar-refractivity contribution is 6.04. The molecule has 0 atom stereocenters. The fourth-order valence-corrected chi connectivity index (χ4v) is 1.10. The van der Waals surface area contributed by atoms with E-state index in [1.54, 1.807) is 13.8 Å². The predicted octanol–water partition coefficient (Wildman–Crippen LogP) is 2.38. The molecule has 1 rings (SSSR count). The van der Waals surface area contributed by atoms with Gasteiger partial charge in [0, 0.05) is 11.6 Å². The molecule has 0 unspecified atom stereocenters. The van der Waals surface area contributed by atoms with Crippen LogP contribution in [0.25, 0.3) is 0 Å². The first-order valence-electron chi connectivity index (χ1n) is 5.07. The van der Waals surface area contributed by atoms with Crippen LogP contribution in [0.1, 0.15) is 20.3 Å². The van der Waals surface area contributed by atoms with Crippen LogP contribution in [-0.2, 0) is 9.59 Å². The number of halogens is 1. The van der Waals surface area contributed by atoms with Gasteiger partial charge in [0.15, 0.2) is 0 Å². The van der Waals surface area contributed by atoms with E-state index in [9.17, 15) is 14.0 Å². The van der Waals surface area contributed by atoms with Gasteiger partial charge in [0.2, 0.25) is 5.91 Å². The maximum absolute atomic E-state index is 12.6. The molecule has 1 aromatic rings. The Hall–Kier alpha value is -1.71. The van der Waals surface area contributed by atoms with E-state index in [2.05, 4.69) is 5.32 Å². The third-order valence-electron chi connectivity index (χ3n) is 2.11. The van der Waals surface area contributed by atoms with Gasteiger partial charge in [0.1, 0.15) is 11.6 Å². The molecule has 0 radical (unpaired) electrons. The van der Waals surface area contributed by atoms with Gasteiger partial charge in [0.25, 0.3) is 0 Å². The first-order valence-corrected chi connectivity index (χ1v) is 5.07. The monoisotopic (exact) mass is 223 g/mol. The van der Waals surface area contributed by atoms with Gasteiger partial charge < -0.3 is 5.32 Å². The summed E-state index contributed by atoms with van der Waals surface area (Å²) in [5.41, 5.74) is 0.489. The van der Waals surface area contributed by atoms with Gasteiger partial charge in [-0.15, -0.1) is 0 Å². The van der Waals surface area contributed by atoms with Crippen LogP contribution in [0.2, 0.25) is 0 Å². The zero-order chi connectivity index (χ0) is 12.1. The highest BCUT2D eigenvalue weighted by atomic mass is 19.1. The van der Waals surface area contributed by atoms with Gasteiger partial charge in [-0.25, -0.2) is 4.39 Å². The number of rotatable bonds is 4. The van der Waals surface area contributed by atoms with E-state index in [1.807, 2.05) is 0 Å². The minimum atomic E-state index is -0.370. The largest absolute Gasteiger partial charge is 0.326 e. The van der Waals surface area contributed by atoms with Crippen molar-refractivity contribution in [1.29, 1.82) is 0 Å². The van der Waals surface area contributed by atoms with Crippen LogP contribution < -0.4 is 5.32 Å². The van der Waals surface area contributed by atoms with Crippen LogP contribution in [0.5, 0.6) is 0 Å². The lowest BCUT2D eigenvalue weighted by Gasteiger charge is -2.06. The van der Waals surface area contributed by atoms with Crippen LogP contribution in [0.4, 0.5) is 10.1 Å². The molecule has 0 saturated carbocycles. The Morgan fingerprint density at radius 3 is 2.31 bits per heavy atom. The Balaban J connectivity index is 2.52. The van der Waals surface area contributed by atoms with Crippen LogP contribution in [0.3, 0.4) is 0 Å². The Labute approximate surface area is 93.7 Å². The van der Waals surface area contributed by atoms with Crippen LogP contribution >= 0.6 is 0 Å². The van der Waals surface area contributed by atoms with Crippen molar-refractivity contribution < 1.29 is 14.0 Å². The third-order valence-corrected chi connectivity index (χ3v) is 2.11. The molecule has 3 nitrogen and oxygen atoms in total. The number of hydrogen-bond donors (Lipinski definition) is 1. The topological polar surface area (TPSA) is 46.2 Å². The minimum Gasteiger partial charge on any atom is -0.326 e. The van der Waals surface area contributed by atoms with E-state index in [-0.39, 0.29) is 29.8 Å². The van der Waals surface area contributed by atoms with Crippen molar-refractivity contribution in [1.82, 2.24) is 0 Å². The van der Waals surface area contributed by atoms with Crippen molar-refractivity contribution in [3.63, 3.8) is 0 Å². The zero-order valence-electron chi connectivity index (χ0n) is 9.29. The normalized spacial score (nSPS) is 10.2. The quantitative estimate of drug-likeness (QED) is 0.796. The molecule has 1 N–H and O–H groups in total. The minimum absolute atomic E-state index is 0.111. The molecule has 0 aliphatic heterocycles. The molecule has 4 heteroatoms. The van der Waals surface area contributed by atoms with Gasteiger partial charge in [0.05, 0.1) is 6.42 Å². The number of nitrogens with one attached hydrogen (secondary N) is 1. The summed E-state index contributed by atoms with van der Waals surface area (Å²) in [5, 5.41) is 2.53. The SMILES string of the molecule is CC(C)C(=O)CC(=O)Nc1ccc(F)cc1. The fourth-order valence-electron chi connectivity index (χ4n) is 1.10. The maximum Gasteiger partial charge on any atom is 0.231 e. The number of carbonyl (C=O) groups excluding carboxylic acids is 2. The second-order valence-electron chi connectivity index (χ2n) is 3.85. The van der Waals surface area contributed by atoms with E-state index in [0.29, 0.717) is 5.69 Å². The number of amides is 1. The van der Waals surface area contributed by atoms with E-state index in [0.717, 1.165) is 0 Å². The molecule has 86 valence electrons. The summed E-state index contributed by atoms with van der Waals surface area (Å²) in [6.07, 6.45) is -0.144. The lowest BCUT2D eigenvalue weighted by atomic mass is 10.1. The Morgan fingerprint density at radius 2 is 1.81 bits per heavy atom. The molecular formula is C12H14FNO2. The van der Waals surface area contributed by atoms with E-state index in [4.69, 9.17) is 0 Å². The van der Waals surface area contributed by atoms with Crippen molar-refractivity contribution in [3.05, 3.63) is 30.1 Å². The maximum atomic E-state index is 12.6. The number of ketones is 1. The molecular weight excluding hydrogens is 209 g/mol. The highest BCUT2D eigenvalue weighted by Crippen LogP contribution is 2.09. The molecule has 0 spiro atoms. The molecule has 0 aliphatic carbocycles. The van der Waals surface area contributed by atoms with Crippen molar-refractivity contribution >= 4 is 17.4 Å². The van der Waals surface area contributed by atoms with E-state index in [1.165, 1.54) is 24.3 Å². The van der Waals surface area contributed by atoms with Gasteiger partial charge in [-0.3, -0.25) is 9.59 Å². The molecule has 0 aromatic heterocycles. The second-order valence-corrected chi connectivity index (χ2v) is 3.85. The fraction of sp³-hybridized carbons (Fsp3) is 0.333. The molecule has 0 saturated heterocycles. The summed E-state index contributed by atoms with van der Waals surface area (Å²) in [7, 11) is 0. The van der Waals surface area contributed by atoms with Gasteiger partial charge >= 0.3 is 0 Å². The lowest BCUT2D eigenvalue weighted by molar-refractivity contribution is -0.127. The summed E-state index contributed by atoms with van der Waals surface area (Å²) in [6.45, 7) is 3.49. The van der Waals surface area contributed by atoms with E-state index >= 15 is 0 Å². The first-order chi connectivity index (χ1) is 7.49. The zero-order valence-corrected chi connectivity index (χ0v) is 9.29. The first kappa shape index (κ1) is 12.4. The summed E-state index contributed by atoms with van der Waals surface area (Å²) in [6, 6.07) is 5.40. The summed E-state index contributed by atoms with van der Waals surface area (Å²) >= 11 is 0. The van der Waals surface area contributed by atoms with Crippen LogP contribution in [0.15, 0.2) is 24.3 Å². The highest BCUT2D eigenvalue weighted by Gasteiger charge is 2.12. The molecule has 0 aliphatic rings. The Kier molecular flexibility index (Phi) is 4.17. The van der Waals surface area contributed by atoms with Gasteiger partial charge in [-0.1, -0.05) is 13.8 Å². The van der Waals surface area contributed by atoms with E-state index < -0.39 is 0 Å². The average Bonchev–Trinajstić information content (AvgIpc) is 2.21. The Bertz CT molecular complexity index is 385. The number of benzene rings is 1. The molecule has 1 amide bonds. The van der Waals surface area contributed by atoms with Crippen molar-refractivity contribution in [2.45, 2.75) is 20.3 Å². The van der Waals surface area contributed by atoms with Gasteiger partial charge in [-0.05, 0) is 24.3 Å². The van der Waals surface area contributed by atoms with Crippen molar-refractivity contribution in [2.24, 2.45) is 5.92 Å². The molecule has 1 aromatic carbocycles. The summed E-state index contributed by atoms with van der Waals surface area (Å²) in [5.74, 6) is -1.000. The third kappa shape index (κ3) is 3.81. The smallest absolute Gasteiger partial charge is 0.231 e. The standard InChI is InChI=1S/C12H14FNO2/c1-8(2)11(15)7-12(16)14-10-5-3-9(13)4-6-10/h3-6,8H,7H2,1-2H3,(H,14,16).